The standard InChI is InChI=1S/C11H15N3O5/c1-5-2-14(10(18)13-8(5)17)9-11(4-12-11)7(16)6(3-15)19-9/h2,6-7,9,12,15-16H,3-4H2,1H3,(H,13,17,18). The molecule has 0 bridgehead atoms. The van der Waals surface area contributed by atoms with Crippen molar-refractivity contribution in [3.63, 3.8) is 0 Å². The van der Waals surface area contributed by atoms with Gasteiger partial charge >= 0.3 is 5.69 Å². The molecule has 2 aliphatic heterocycles. The number of aliphatic hydroxyl groups excluding tert-OH is 2. The molecule has 19 heavy (non-hydrogen) atoms. The Morgan fingerprint density at radius 2 is 2.26 bits per heavy atom. The first-order chi connectivity index (χ1) is 8.99. The van der Waals surface area contributed by atoms with Gasteiger partial charge in [0.05, 0.1) is 6.61 Å². The van der Waals surface area contributed by atoms with Gasteiger partial charge in [0.1, 0.15) is 17.7 Å². The molecule has 104 valence electrons. The molecule has 2 fully saturated rings. The molecule has 1 aromatic rings. The summed E-state index contributed by atoms with van der Waals surface area (Å²) < 4.78 is 6.79. The lowest BCUT2D eigenvalue weighted by molar-refractivity contribution is -0.0471. The molecule has 3 heterocycles. The number of hydrogen-bond donors (Lipinski definition) is 4. The van der Waals surface area contributed by atoms with Crippen molar-refractivity contribution < 1.29 is 14.9 Å². The van der Waals surface area contributed by atoms with Gasteiger partial charge in [-0.25, -0.2) is 4.79 Å². The number of rotatable bonds is 2. The second-order valence-electron chi connectivity index (χ2n) is 5.03. The van der Waals surface area contributed by atoms with E-state index in [9.17, 15) is 19.8 Å². The van der Waals surface area contributed by atoms with Crippen molar-refractivity contribution in [2.45, 2.75) is 30.9 Å². The molecule has 0 aliphatic carbocycles. The Morgan fingerprint density at radius 1 is 1.58 bits per heavy atom. The quantitative estimate of drug-likeness (QED) is 0.437. The minimum atomic E-state index is -0.901. The molecule has 2 aliphatic rings. The molecule has 0 saturated carbocycles. The lowest BCUT2D eigenvalue weighted by atomic mass is 10.00. The number of aromatic nitrogens is 2. The lowest BCUT2D eigenvalue weighted by Gasteiger charge is -2.19. The highest BCUT2D eigenvalue weighted by Gasteiger charge is 2.64. The topological polar surface area (TPSA) is 126 Å². The molecule has 1 spiro atoms. The van der Waals surface area contributed by atoms with E-state index in [4.69, 9.17) is 4.74 Å². The maximum atomic E-state index is 11.9. The van der Waals surface area contributed by atoms with E-state index in [1.54, 1.807) is 6.92 Å². The molecule has 2 saturated heterocycles. The van der Waals surface area contributed by atoms with Crippen LogP contribution in [0.1, 0.15) is 11.8 Å². The molecule has 4 N–H and O–H groups in total. The van der Waals surface area contributed by atoms with Crippen molar-refractivity contribution in [3.8, 4) is 0 Å². The number of aliphatic hydroxyl groups is 2. The number of ether oxygens (including phenoxy) is 1. The van der Waals surface area contributed by atoms with E-state index < -0.39 is 35.2 Å². The summed E-state index contributed by atoms with van der Waals surface area (Å²) in [6, 6.07) is 0. The first kappa shape index (κ1) is 12.5. The summed E-state index contributed by atoms with van der Waals surface area (Å²) in [5.74, 6) is 0. The fraction of sp³-hybridized carbons (Fsp3) is 0.636. The maximum Gasteiger partial charge on any atom is 0.330 e. The highest BCUT2D eigenvalue weighted by Crippen LogP contribution is 2.43. The van der Waals surface area contributed by atoms with E-state index in [1.807, 2.05) is 0 Å². The first-order valence-corrected chi connectivity index (χ1v) is 6.01. The Kier molecular flexibility index (Phi) is 2.65. The fourth-order valence-electron chi connectivity index (χ4n) is 2.54. The zero-order chi connectivity index (χ0) is 13.8. The average molecular weight is 269 g/mol. The Balaban J connectivity index is 2.06. The van der Waals surface area contributed by atoms with Gasteiger partial charge in [-0.1, -0.05) is 0 Å². The van der Waals surface area contributed by atoms with Crippen molar-refractivity contribution in [1.29, 1.82) is 0 Å². The van der Waals surface area contributed by atoms with Crippen molar-refractivity contribution in [2.75, 3.05) is 13.2 Å². The molecule has 8 nitrogen and oxygen atoms in total. The van der Waals surface area contributed by atoms with Gasteiger partial charge in [0.25, 0.3) is 5.56 Å². The van der Waals surface area contributed by atoms with E-state index in [-0.39, 0.29) is 6.61 Å². The predicted molar refractivity (Wildman–Crippen MR) is 63.8 cm³/mol. The molecule has 1 aromatic heterocycles. The highest BCUT2D eigenvalue weighted by atomic mass is 16.5. The van der Waals surface area contributed by atoms with Crippen LogP contribution in [-0.2, 0) is 4.74 Å². The number of nitrogens with zero attached hydrogens (tertiary/aromatic N) is 1. The molecule has 0 radical (unpaired) electrons. The van der Waals surface area contributed by atoms with Crippen LogP contribution in [0.3, 0.4) is 0 Å². The summed E-state index contributed by atoms with van der Waals surface area (Å²) in [5, 5.41) is 22.3. The summed E-state index contributed by atoms with van der Waals surface area (Å²) >= 11 is 0. The molecular formula is C11H15N3O5. The van der Waals surface area contributed by atoms with Crippen LogP contribution in [-0.4, -0.2) is 50.7 Å². The third kappa shape index (κ3) is 1.68. The van der Waals surface area contributed by atoms with Gasteiger partial charge in [0, 0.05) is 18.3 Å². The van der Waals surface area contributed by atoms with Crippen molar-refractivity contribution in [1.82, 2.24) is 14.9 Å². The van der Waals surface area contributed by atoms with Crippen LogP contribution in [0, 0.1) is 6.92 Å². The van der Waals surface area contributed by atoms with Gasteiger partial charge in [0.15, 0.2) is 6.23 Å². The van der Waals surface area contributed by atoms with Crippen LogP contribution in [0.2, 0.25) is 0 Å². The number of nitrogens with one attached hydrogen (secondary N) is 2. The lowest BCUT2D eigenvalue weighted by Crippen LogP contribution is -2.42. The van der Waals surface area contributed by atoms with Crippen LogP contribution in [0.5, 0.6) is 0 Å². The minimum Gasteiger partial charge on any atom is -0.394 e. The van der Waals surface area contributed by atoms with E-state index >= 15 is 0 Å². The molecule has 8 heteroatoms. The number of aromatic amines is 1. The van der Waals surface area contributed by atoms with Crippen LogP contribution >= 0.6 is 0 Å². The molecular weight excluding hydrogens is 254 g/mol. The normalized spacial score (nSPS) is 36.9. The largest absolute Gasteiger partial charge is 0.394 e. The zero-order valence-electron chi connectivity index (χ0n) is 10.3. The summed E-state index contributed by atoms with van der Waals surface area (Å²) in [6.45, 7) is 1.73. The van der Waals surface area contributed by atoms with Gasteiger partial charge in [-0.2, -0.15) is 0 Å². The van der Waals surface area contributed by atoms with Crippen LogP contribution in [0.15, 0.2) is 15.8 Å². The Hall–Kier alpha value is -1.48. The number of aryl methyl sites for hydroxylation is 1. The van der Waals surface area contributed by atoms with Crippen molar-refractivity contribution in [2.24, 2.45) is 0 Å². The Labute approximate surface area is 107 Å². The van der Waals surface area contributed by atoms with Crippen LogP contribution in [0.4, 0.5) is 0 Å². The zero-order valence-corrected chi connectivity index (χ0v) is 10.3. The monoisotopic (exact) mass is 269 g/mol. The summed E-state index contributed by atoms with van der Waals surface area (Å²) in [6.07, 6.45) is -0.997. The number of hydrogen-bond acceptors (Lipinski definition) is 6. The van der Waals surface area contributed by atoms with Gasteiger partial charge in [-0.3, -0.25) is 14.3 Å². The Bertz CT molecular complexity index is 617. The van der Waals surface area contributed by atoms with Gasteiger partial charge in [0.2, 0.25) is 0 Å². The number of H-pyrrole nitrogens is 1. The molecule has 4 atom stereocenters. The summed E-state index contributed by atoms with van der Waals surface area (Å²) in [4.78, 5) is 25.4. The highest BCUT2D eigenvalue weighted by molar-refractivity contribution is 5.19. The van der Waals surface area contributed by atoms with Gasteiger partial charge in [-0.05, 0) is 6.92 Å². The summed E-state index contributed by atoms with van der Waals surface area (Å²) in [5.41, 5.74) is -1.43. The van der Waals surface area contributed by atoms with Gasteiger partial charge < -0.3 is 20.3 Å². The van der Waals surface area contributed by atoms with E-state index in [0.29, 0.717) is 12.1 Å². The van der Waals surface area contributed by atoms with Crippen molar-refractivity contribution >= 4 is 0 Å². The average Bonchev–Trinajstić information content (AvgIpc) is 3.11. The SMILES string of the molecule is Cc1cn(C2OC(CO)C(O)C23CN3)c(=O)[nH]c1=O. The molecule has 0 amide bonds. The smallest absolute Gasteiger partial charge is 0.330 e. The third-order valence-electron chi connectivity index (χ3n) is 3.79. The minimum absolute atomic E-state index is 0.335. The van der Waals surface area contributed by atoms with Crippen molar-refractivity contribution in [3.05, 3.63) is 32.6 Å². The Morgan fingerprint density at radius 3 is 2.84 bits per heavy atom. The second-order valence-corrected chi connectivity index (χ2v) is 5.03. The fourth-order valence-corrected chi connectivity index (χ4v) is 2.54. The molecule has 0 aromatic carbocycles. The van der Waals surface area contributed by atoms with E-state index in [1.165, 1.54) is 10.8 Å². The van der Waals surface area contributed by atoms with E-state index in [2.05, 4.69) is 10.3 Å². The maximum absolute atomic E-state index is 11.9. The van der Waals surface area contributed by atoms with E-state index in [0.717, 1.165) is 0 Å². The van der Waals surface area contributed by atoms with Crippen LogP contribution in [0.25, 0.3) is 0 Å². The molecule has 4 unspecified atom stereocenters. The van der Waals surface area contributed by atoms with Gasteiger partial charge in [-0.15, -0.1) is 0 Å². The second kappa shape index (κ2) is 4.01. The predicted octanol–water partition coefficient (Wildman–Crippen LogP) is -2.56. The van der Waals surface area contributed by atoms with Crippen LogP contribution < -0.4 is 16.6 Å². The molecule has 3 rings (SSSR count). The summed E-state index contributed by atoms with van der Waals surface area (Å²) in [7, 11) is 0. The third-order valence-corrected chi connectivity index (χ3v) is 3.79. The first-order valence-electron chi connectivity index (χ1n) is 6.01.